The lowest BCUT2D eigenvalue weighted by molar-refractivity contribution is 0.0115. The second-order valence-corrected chi connectivity index (χ2v) is 11.9. The average Bonchev–Trinajstić information content (AvgIpc) is 3.01. The van der Waals surface area contributed by atoms with Gasteiger partial charge < -0.3 is 29.8 Å². The summed E-state index contributed by atoms with van der Waals surface area (Å²) < 4.78 is 16.5. The Morgan fingerprint density at radius 3 is 2.45 bits per heavy atom. The first-order valence-electron chi connectivity index (χ1n) is 15.8. The molecule has 0 bridgehead atoms. The van der Waals surface area contributed by atoms with Crippen LogP contribution in [-0.2, 0) is 14.2 Å². The molecule has 2 aromatic rings. The lowest BCUT2D eigenvalue weighted by Crippen LogP contribution is -2.49. The van der Waals surface area contributed by atoms with E-state index in [4.69, 9.17) is 19.2 Å². The van der Waals surface area contributed by atoms with Gasteiger partial charge in [-0.05, 0) is 63.6 Å². The van der Waals surface area contributed by atoms with Crippen molar-refractivity contribution in [2.75, 3.05) is 69.4 Å². The minimum absolute atomic E-state index is 0.209. The Morgan fingerprint density at radius 1 is 1.02 bits per heavy atom. The molecule has 3 saturated heterocycles. The SMILES string of the molecule is CCOC(=O)c1cc(N2CCC(N3CCOCC3)CC2)c(C(=N)C2CCC2)c(Nc2ccnc(C3CCOCC3)c2)n1. The van der Waals surface area contributed by atoms with Crippen molar-refractivity contribution in [1.82, 2.24) is 14.9 Å². The van der Waals surface area contributed by atoms with Gasteiger partial charge in [0.15, 0.2) is 5.69 Å². The second kappa shape index (κ2) is 13.5. The molecule has 2 aromatic heterocycles. The molecule has 0 amide bonds. The van der Waals surface area contributed by atoms with Crippen molar-refractivity contribution < 1.29 is 19.0 Å². The zero-order chi connectivity index (χ0) is 28.9. The van der Waals surface area contributed by atoms with Gasteiger partial charge in [-0.1, -0.05) is 6.42 Å². The lowest BCUT2D eigenvalue weighted by Gasteiger charge is -2.41. The Morgan fingerprint density at radius 2 is 1.76 bits per heavy atom. The predicted octanol–water partition coefficient (Wildman–Crippen LogP) is 4.76. The molecular weight excluding hydrogens is 532 g/mol. The number of hydrogen-bond acceptors (Lipinski definition) is 10. The number of esters is 1. The Balaban J connectivity index is 1.34. The molecule has 5 heterocycles. The summed E-state index contributed by atoms with van der Waals surface area (Å²) in [5, 5.41) is 12.9. The van der Waals surface area contributed by atoms with Crippen molar-refractivity contribution in [3.63, 3.8) is 0 Å². The number of ether oxygens (including phenoxy) is 3. The second-order valence-electron chi connectivity index (χ2n) is 11.9. The average molecular weight is 577 g/mol. The van der Waals surface area contributed by atoms with Gasteiger partial charge in [0.25, 0.3) is 0 Å². The molecular formula is C32H44N6O4. The summed E-state index contributed by atoms with van der Waals surface area (Å²) in [6.07, 6.45) is 8.98. The summed E-state index contributed by atoms with van der Waals surface area (Å²) in [6, 6.07) is 6.41. The van der Waals surface area contributed by atoms with E-state index < -0.39 is 5.97 Å². The summed E-state index contributed by atoms with van der Waals surface area (Å²) >= 11 is 0. The van der Waals surface area contributed by atoms with Crippen molar-refractivity contribution in [2.45, 2.75) is 63.8 Å². The Kier molecular flexibility index (Phi) is 9.31. The number of rotatable bonds is 9. The van der Waals surface area contributed by atoms with Gasteiger partial charge in [-0.3, -0.25) is 9.88 Å². The highest BCUT2D eigenvalue weighted by molar-refractivity contribution is 6.10. The molecule has 6 rings (SSSR count). The summed E-state index contributed by atoms with van der Waals surface area (Å²) in [7, 11) is 0. The molecule has 0 radical (unpaired) electrons. The van der Waals surface area contributed by atoms with E-state index >= 15 is 0 Å². The first-order chi connectivity index (χ1) is 20.6. The fourth-order valence-electron chi connectivity index (χ4n) is 6.64. The number of hydrogen-bond donors (Lipinski definition) is 2. The Labute approximate surface area is 248 Å². The Bertz CT molecular complexity index is 1250. The normalized spacial score (nSPS) is 21.1. The van der Waals surface area contributed by atoms with E-state index in [2.05, 4.69) is 26.2 Å². The zero-order valence-corrected chi connectivity index (χ0v) is 24.8. The van der Waals surface area contributed by atoms with E-state index in [1.807, 2.05) is 25.3 Å². The van der Waals surface area contributed by atoms with Crippen molar-refractivity contribution in [3.8, 4) is 0 Å². The van der Waals surface area contributed by atoms with E-state index in [1.54, 1.807) is 0 Å². The molecule has 2 N–H and O–H groups in total. The van der Waals surface area contributed by atoms with E-state index in [-0.39, 0.29) is 18.2 Å². The minimum atomic E-state index is -0.440. The third-order valence-corrected chi connectivity index (χ3v) is 9.32. The molecule has 4 fully saturated rings. The van der Waals surface area contributed by atoms with Gasteiger partial charge in [-0.25, -0.2) is 9.78 Å². The smallest absolute Gasteiger partial charge is 0.357 e. The topological polar surface area (TPSA) is 113 Å². The van der Waals surface area contributed by atoms with Gasteiger partial charge in [0.2, 0.25) is 0 Å². The van der Waals surface area contributed by atoms with E-state index in [0.29, 0.717) is 23.5 Å². The van der Waals surface area contributed by atoms with Gasteiger partial charge in [0.05, 0.1) is 31.1 Å². The number of nitrogens with zero attached hydrogens (tertiary/aromatic N) is 4. The van der Waals surface area contributed by atoms with Crippen LogP contribution in [0.25, 0.3) is 0 Å². The Hall–Kier alpha value is -3.08. The molecule has 0 atom stereocenters. The maximum absolute atomic E-state index is 13.1. The molecule has 0 spiro atoms. The van der Waals surface area contributed by atoms with Gasteiger partial charge in [0.1, 0.15) is 5.82 Å². The molecule has 10 heteroatoms. The number of aromatic nitrogens is 2. The van der Waals surface area contributed by atoms with Crippen molar-refractivity contribution in [1.29, 1.82) is 5.41 Å². The fraction of sp³-hybridized carbons (Fsp3) is 0.625. The zero-order valence-electron chi connectivity index (χ0n) is 24.8. The van der Waals surface area contributed by atoms with Gasteiger partial charge in [-0.2, -0.15) is 0 Å². The number of carbonyl (C=O) groups is 1. The maximum atomic E-state index is 13.1. The summed E-state index contributed by atoms with van der Waals surface area (Å²) in [5.41, 5.74) is 4.49. The summed E-state index contributed by atoms with van der Waals surface area (Å²) in [5.74, 6) is 0.673. The highest BCUT2D eigenvalue weighted by Crippen LogP contribution is 2.39. The predicted molar refractivity (Wildman–Crippen MR) is 162 cm³/mol. The van der Waals surface area contributed by atoms with Crippen LogP contribution in [0.5, 0.6) is 0 Å². The highest BCUT2D eigenvalue weighted by atomic mass is 16.5. The van der Waals surface area contributed by atoms with Crippen LogP contribution in [0.3, 0.4) is 0 Å². The molecule has 42 heavy (non-hydrogen) atoms. The molecule has 1 saturated carbocycles. The highest BCUT2D eigenvalue weighted by Gasteiger charge is 2.33. The quantitative estimate of drug-likeness (QED) is 0.322. The fourth-order valence-corrected chi connectivity index (χ4v) is 6.64. The molecule has 0 unspecified atom stereocenters. The number of morpholine rings is 1. The lowest BCUT2D eigenvalue weighted by atomic mass is 9.79. The molecule has 1 aliphatic carbocycles. The first kappa shape index (κ1) is 29.0. The van der Waals surface area contributed by atoms with Crippen LogP contribution in [0.15, 0.2) is 24.4 Å². The number of pyridine rings is 2. The number of piperidine rings is 1. The van der Waals surface area contributed by atoms with Crippen molar-refractivity contribution in [2.24, 2.45) is 5.92 Å². The number of carbonyl (C=O) groups excluding carboxylic acids is 1. The van der Waals surface area contributed by atoms with E-state index in [9.17, 15) is 10.2 Å². The van der Waals surface area contributed by atoms with E-state index in [0.717, 1.165) is 120 Å². The first-order valence-corrected chi connectivity index (χ1v) is 15.8. The van der Waals surface area contributed by atoms with Crippen LogP contribution in [0.2, 0.25) is 0 Å². The van der Waals surface area contributed by atoms with Crippen molar-refractivity contribution in [3.05, 3.63) is 41.3 Å². The molecule has 10 nitrogen and oxygen atoms in total. The van der Waals surface area contributed by atoms with Crippen molar-refractivity contribution >= 4 is 28.9 Å². The third-order valence-electron chi connectivity index (χ3n) is 9.32. The van der Waals surface area contributed by atoms with Crippen LogP contribution in [0.1, 0.15) is 79.5 Å². The standard InChI is InChI=1S/C32H44N6O4/c1-2-42-32(39)27-21-28(38-12-7-25(8-13-38)37-14-18-41-19-15-37)29(30(33)23-4-3-5-23)31(36-27)35-24-6-11-34-26(20-24)22-9-16-40-17-10-22/h6,11,20-23,25,33H,2-5,7-10,12-19H2,1H3,(H,34,35,36). The molecule has 4 aliphatic rings. The summed E-state index contributed by atoms with van der Waals surface area (Å²) in [4.78, 5) is 27.5. The molecule has 226 valence electrons. The maximum Gasteiger partial charge on any atom is 0.357 e. The van der Waals surface area contributed by atoms with Crippen LogP contribution < -0.4 is 10.2 Å². The minimum Gasteiger partial charge on any atom is -0.461 e. The van der Waals surface area contributed by atoms with Gasteiger partial charge in [0, 0.05) is 80.6 Å². The van der Waals surface area contributed by atoms with Crippen LogP contribution in [-0.4, -0.2) is 91.8 Å². The third kappa shape index (κ3) is 6.45. The van der Waals surface area contributed by atoms with Crippen LogP contribution >= 0.6 is 0 Å². The van der Waals surface area contributed by atoms with Gasteiger partial charge >= 0.3 is 5.97 Å². The monoisotopic (exact) mass is 576 g/mol. The summed E-state index contributed by atoms with van der Waals surface area (Å²) in [6.45, 7) is 8.89. The van der Waals surface area contributed by atoms with Gasteiger partial charge in [-0.15, -0.1) is 0 Å². The number of nitrogens with one attached hydrogen (secondary N) is 2. The van der Waals surface area contributed by atoms with Crippen LogP contribution in [0.4, 0.5) is 17.2 Å². The largest absolute Gasteiger partial charge is 0.461 e. The number of anilines is 3. The van der Waals surface area contributed by atoms with E-state index in [1.165, 1.54) is 0 Å². The molecule has 0 aromatic carbocycles. The van der Waals surface area contributed by atoms with Crippen LogP contribution in [0, 0.1) is 11.3 Å². The molecule has 3 aliphatic heterocycles.